The molecule has 18 heteroatoms. The Morgan fingerprint density at radius 3 is 1.24 bits per heavy atom. The predicted octanol–water partition coefficient (Wildman–Crippen LogP) is -0.429. The van der Waals surface area contributed by atoms with E-state index in [0.29, 0.717) is 22.6 Å². The quantitative estimate of drug-likeness (QED) is 0.0536. The fraction of sp³-hybridized carbons (Fsp3) is 0.409. The molecule has 0 unspecified atom stereocenters. The first-order valence-electron chi connectivity index (χ1n) is 20.0. The minimum Gasteiger partial charge on any atom is -0.462 e. The number of rotatable bonds is 19. The average Bonchev–Trinajstić information content (AvgIpc) is 3.30. The van der Waals surface area contributed by atoms with E-state index in [4.69, 9.17) is 28.4 Å². The lowest BCUT2D eigenvalue weighted by Crippen LogP contribution is -2.60. The molecule has 2 fully saturated rings. The largest absolute Gasteiger partial charge is 0.462 e. The molecule has 2 heterocycles. The van der Waals surface area contributed by atoms with Crippen LogP contribution in [0.3, 0.4) is 0 Å². The van der Waals surface area contributed by atoms with Crippen LogP contribution in [-0.4, -0.2) is 167 Å². The maximum Gasteiger partial charge on any atom is 0.251 e. The third-order valence-electron chi connectivity index (χ3n) is 10.3. The summed E-state index contributed by atoms with van der Waals surface area (Å²) in [5.74, 6) is 0.0680. The molecular weight excluding hydrogens is 812 g/mol. The van der Waals surface area contributed by atoms with Crippen molar-refractivity contribution in [3.8, 4) is 33.8 Å². The molecule has 2 aliphatic rings. The van der Waals surface area contributed by atoms with Gasteiger partial charge in [-0.3, -0.25) is 9.59 Å². The Hall–Kier alpha value is -5.06. The van der Waals surface area contributed by atoms with E-state index in [-0.39, 0.29) is 51.3 Å². The zero-order valence-corrected chi connectivity index (χ0v) is 33.5. The van der Waals surface area contributed by atoms with Crippen LogP contribution in [0.5, 0.6) is 11.5 Å². The first-order chi connectivity index (χ1) is 30.0. The lowest BCUT2D eigenvalue weighted by atomic mass is 9.99. The minimum atomic E-state index is -1.55. The van der Waals surface area contributed by atoms with Gasteiger partial charge in [0.25, 0.3) is 11.8 Å². The van der Waals surface area contributed by atoms with E-state index in [1.165, 1.54) is 0 Å². The fourth-order valence-corrected chi connectivity index (χ4v) is 6.73. The molecule has 0 spiro atoms. The van der Waals surface area contributed by atoms with Gasteiger partial charge in [-0.1, -0.05) is 48.5 Å². The number of hydrogen-bond acceptors (Lipinski definition) is 16. The minimum absolute atomic E-state index is 0.256. The third kappa shape index (κ3) is 11.9. The molecule has 0 aliphatic carbocycles. The van der Waals surface area contributed by atoms with Crippen molar-refractivity contribution < 1.29 is 78.9 Å². The molecule has 4 aromatic rings. The third-order valence-corrected chi connectivity index (χ3v) is 10.3. The Kier molecular flexibility index (Phi) is 16.7. The van der Waals surface area contributed by atoms with Crippen LogP contribution in [0.15, 0.2) is 97.1 Å². The number of benzene rings is 4. The molecule has 18 nitrogen and oxygen atoms in total. The second kappa shape index (κ2) is 22.3. The molecule has 0 bridgehead atoms. The zero-order valence-electron chi connectivity index (χ0n) is 33.5. The molecule has 2 saturated heterocycles. The van der Waals surface area contributed by atoms with Gasteiger partial charge in [0.1, 0.15) is 60.3 Å². The highest BCUT2D eigenvalue weighted by atomic mass is 16.7. The van der Waals surface area contributed by atoms with Crippen LogP contribution < -0.4 is 20.1 Å². The monoisotopic (exact) mass is 864 g/mol. The van der Waals surface area contributed by atoms with Gasteiger partial charge >= 0.3 is 0 Å². The van der Waals surface area contributed by atoms with E-state index in [0.717, 1.165) is 22.3 Å². The second-order valence-electron chi connectivity index (χ2n) is 14.6. The molecule has 10 N–H and O–H groups in total. The Balaban J connectivity index is 0.846. The van der Waals surface area contributed by atoms with Gasteiger partial charge in [-0.2, -0.15) is 0 Å². The summed E-state index contributed by atoms with van der Waals surface area (Å²) in [6.45, 7) is 0.475. The molecule has 4 aromatic carbocycles. The van der Waals surface area contributed by atoms with Crippen LogP contribution in [0.1, 0.15) is 20.7 Å². The smallest absolute Gasteiger partial charge is 0.251 e. The van der Waals surface area contributed by atoms with E-state index in [9.17, 15) is 50.4 Å². The molecule has 62 heavy (non-hydrogen) atoms. The molecule has 2 amide bonds. The van der Waals surface area contributed by atoms with Crippen LogP contribution in [0.2, 0.25) is 0 Å². The van der Waals surface area contributed by atoms with Gasteiger partial charge in [0.2, 0.25) is 12.6 Å². The number of nitrogens with one attached hydrogen (secondary N) is 2. The second-order valence-corrected chi connectivity index (χ2v) is 14.6. The van der Waals surface area contributed by atoms with Crippen LogP contribution in [0.4, 0.5) is 0 Å². The van der Waals surface area contributed by atoms with Gasteiger partial charge in [0, 0.05) is 24.2 Å². The van der Waals surface area contributed by atoms with E-state index in [2.05, 4.69) is 10.6 Å². The molecule has 0 aromatic heterocycles. The molecule has 0 radical (unpaired) electrons. The SMILES string of the molecule is O=C(NCCOCCOCCNC(=O)c1cccc(-c2ccc(O[C@H]3O[C@H](CO)[C@@H](O)[C@@H](O)[C@H]3O)cc2)c1)c1cccc(-c2ccc(O[C@H]3O[C@H](CO)[C@@H](O)[C@@H](O)[C@H]3O)cc2)c1. The van der Waals surface area contributed by atoms with Crippen molar-refractivity contribution >= 4 is 11.8 Å². The highest BCUT2D eigenvalue weighted by Crippen LogP contribution is 2.29. The normalized spacial score (nSPS) is 26.1. The number of carbonyl (C=O) groups excluding carboxylic acids is 2. The topological polar surface area (TPSA) is 275 Å². The maximum atomic E-state index is 12.8. The van der Waals surface area contributed by atoms with Crippen molar-refractivity contribution in [3.63, 3.8) is 0 Å². The van der Waals surface area contributed by atoms with E-state index in [1.807, 2.05) is 12.1 Å². The van der Waals surface area contributed by atoms with Gasteiger partial charge in [0.05, 0.1) is 39.6 Å². The van der Waals surface area contributed by atoms with Gasteiger partial charge in [-0.05, 0) is 70.8 Å². The highest BCUT2D eigenvalue weighted by molar-refractivity contribution is 5.96. The van der Waals surface area contributed by atoms with E-state index >= 15 is 0 Å². The number of aliphatic hydroxyl groups excluding tert-OH is 8. The Morgan fingerprint density at radius 1 is 0.484 bits per heavy atom. The van der Waals surface area contributed by atoms with Gasteiger partial charge in [-0.15, -0.1) is 0 Å². The van der Waals surface area contributed by atoms with Crippen molar-refractivity contribution in [3.05, 3.63) is 108 Å². The van der Waals surface area contributed by atoms with Crippen molar-refractivity contribution in [2.75, 3.05) is 52.7 Å². The summed E-state index contributed by atoms with van der Waals surface area (Å²) in [4.78, 5) is 25.7. The lowest BCUT2D eigenvalue weighted by Gasteiger charge is -2.39. The van der Waals surface area contributed by atoms with Gasteiger partial charge in [0.15, 0.2) is 0 Å². The van der Waals surface area contributed by atoms with E-state index in [1.54, 1.807) is 84.9 Å². The Morgan fingerprint density at radius 2 is 0.871 bits per heavy atom. The molecule has 0 saturated carbocycles. The summed E-state index contributed by atoms with van der Waals surface area (Å²) in [6, 6.07) is 27.6. The number of aliphatic hydroxyl groups is 8. The average molecular weight is 865 g/mol. The number of carbonyl (C=O) groups is 2. The highest BCUT2D eigenvalue weighted by Gasteiger charge is 2.45. The summed E-state index contributed by atoms with van der Waals surface area (Å²) in [5, 5.41) is 84.9. The number of ether oxygens (including phenoxy) is 6. The van der Waals surface area contributed by atoms with E-state index < -0.39 is 74.6 Å². The molecule has 334 valence electrons. The first kappa shape index (κ1) is 46.4. The number of amides is 2. The van der Waals surface area contributed by atoms with Crippen LogP contribution in [-0.2, 0) is 18.9 Å². The predicted molar refractivity (Wildman–Crippen MR) is 219 cm³/mol. The van der Waals surface area contributed by atoms with Gasteiger partial charge in [-0.25, -0.2) is 0 Å². The Bertz CT molecular complexity index is 1890. The summed E-state index contributed by atoms with van der Waals surface area (Å²) in [5.41, 5.74) is 3.98. The van der Waals surface area contributed by atoms with Crippen molar-refractivity contribution in [1.82, 2.24) is 10.6 Å². The summed E-state index contributed by atoms with van der Waals surface area (Å²) < 4.78 is 33.3. The molecular formula is C44H52N2O16. The van der Waals surface area contributed by atoms with Crippen LogP contribution in [0, 0.1) is 0 Å². The number of hydrogen-bond donors (Lipinski definition) is 10. The Labute approximate surface area is 356 Å². The summed E-state index contributed by atoms with van der Waals surface area (Å²) in [7, 11) is 0. The molecule has 6 rings (SSSR count). The zero-order chi connectivity index (χ0) is 44.2. The fourth-order valence-electron chi connectivity index (χ4n) is 6.73. The molecule has 2 aliphatic heterocycles. The lowest BCUT2D eigenvalue weighted by molar-refractivity contribution is -0.277. The first-order valence-corrected chi connectivity index (χ1v) is 20.0. The van der Waals surface area contributed by atoms with Crippen LogP contribution in [0.25, 0.3) is 22.3 Å². The van der Waals surface area contributed by atoms with Gasteiger partial charge < -0.3 is 79.9 Å². The maximum absolute atomic E-state index is 12.8. The molecule has 10 atom stereocenters. The summed E-state index contributed by atoms with van der Waals surface area (Å²) in [6.07, 6.45) is -13.9. The summed E-state index contributed by atoms with van der Waals surface area (Å²) >= 11 is 0. The van der Waals surface area contributed by atoms with Crippen molar-refractivity contribution in [1.29, 1.82) is 0 Å². The van der Waals surface area contributed by atoms with Crippen LogP contribution >= 0.6 is 0 Å². The standard InChI is InChI=1S/C44H52N2O16/c47-23-33-35(49)37(51)39(53)43(61-33)59-31-11-7-25(8-12-31)27-3-1-5-29(21-27)41(55)45-15-17-57-19-20-58-18-16-46-42(56)30-6-2-4-28(22-30)26-9-13-32(14-10-26)60-44-40(54)38(52)36(50)34(24-48)62-44/h1-14,21-22,33-40,43-44,47-54H,15-20,23-24H2,(H,45,55)(H,46,56)/t33-,34-,35-,36-,37-,38-,39-,40-,43+,44+/m1/s1. The van der Waals surface area contributed by atoms with Crippen molar-refractivity contribution in [2.45, 2.75) is 61.4 Å². The van der Waals surface area contributed by atoms with Crippen molar-refractivity contribution in [2.24, 2.45) is 0 Å².